The summed E-state index contributed by atoms with van der Waals surface area (Å²) in [5.74, 6) is 0.539. The number of hydrogen-bond donors (Lipinski definition) is 5. The Bertz CT molecular complexity index is 1810. The number of aryl methyl sites for hydroxylation is 1. The third kappa shape index (κ3) is 5.25. The zero-order valence-corrected chi connectivity index (χ0v) is 26.4. The number of piperidine rings is 1. The van der Waals surface area contributed by atoms with E-state index in [-0.39, 0.29) is 23.9 Å². The number of carbonyl (C=O) groups excluding carboxylic acids is 3. The summed E-state index contributed by atoms with van der Waals surface area (Å²) < 4.78 is 6.67. The molecule has 10 nitrogen and oxygen atoms in total. The number of rotatable bonds is 7. The molecule has 1 aromatic heterocycles. The average Bonchev–Trinajstić information content (AvgIpc) is 3.45. The molecule has 1 aliphatic carbocycles. The fourth-order valence-corrected chi connectivity index (χ4v) is 7.74. The quantitative estimate of drug-likeness (QED) is 0.194. The van der Waals surface area contributed by atoms with E-state index in [1.807, 2.05) is 50.2 Å². The number of Topliss-reactive ketones (excluding diaryl/α,β-unsaturated/α-hetero) is 1. The van der Waals surface area contributed by atoms with Gasteiger partial charge in [0.15, 0.2) is 5.78 Å². The molecule has 0 spiro atoms. The van der Waals surface area contributed by atoms with Crippen LogP contribution in [0.1, 0.15) is 57.7 Å². The molecule has 1 saturated heterocycles. The molecule has 4 aromatic rings. The van der Waals surface area contributed by atoms with Crippen LogP contribution in [0.3, 0.4) is 0 Å². The number of likely N-dealkylation sites (tertiary alicyclic amines) is 1. The number of nitrogen functional groups attached to an aromatic ring is 1. The molecular weight excluding hydrogens is 588 g/mol. The Morgan fingerprint density at radius 2 is 1.82 bits per heavy atom. The number of carbonyl (C=O) groups is 3. The predicted octanol–water partition coefficient (Wildman–Crippen LogP) is 3.70. The number of likely N-dealkylation sites (N-methyl/N-ethyl adjacent to an activating group) is 1. The van der Waals surface area contributed by atoms with Crippen LogP contribution in [0.2, 0.25) is 0 Å². The molecule has 6 rings (SSSR count). The second kappa shape index (κ2) is 11.9. The van der Waals surface area contributed by atoms with Crippen molar-refractivity contribution in [3.05, 3.63) is 87.8 Å². The van der Waals surface area contributed by atoms with Crippen LogP contribution in [-0.2, 0) is 15.1 Å². The summed E-state index contributed by atoms with van der Waals surface area (Å²) in [4.78, 5) is 43.0. The summed E-state index contributed by atoms with van der Waals surface area (Å²) in [5.41, 5.74) is 21.5. The standard InChI is InChI=1S/C34H38N6O4S/c1-18-16-22(44-21-9-5-4-6-10-21)11-12-23(18)34(37)24-13-14-25(35)29-26(24)27(28(36)31(34)41)30(45-29)32(42)39-20-8-7-15-40(17-20)33(43)19(2)38-3/h4-6,9-14,16,19-20,28,38H,7-8,15,17,35-37H2,1-3H3,(H,39,42)/t19-,20+,28?,34?/m0/s1. The van der Waals surface area contributed by atoms with Crippen molar-refractivity contribution in [3.8, 4) is 11.5 Å². The summed E-state index contributed by atoms with van der Waals surface area (Å²) in [7, 11) is 1.75. The van der Waals surface area contributed by atoms with Crippen LogP contribution in [-0.4, -0.2) is 54.7 Å². The maximum absolute atomic E-state index is 14.2. The number of amides is 2. The molecule has 2 aliphatic rings. The first-order chi connectivity index (χ1) is 21.5. The van der Waals surface area contributed by atoms with Crippen molar-refractivity contribution in [1.29, 1.82) is 0 Å². The van der Waals surface area contributed by atoms with Gasteiger partial charge in [-0.05, 0) is 80.8 Å². The van der Waals surface area contributed by atoms with Gasteiger partial charge in [-0.3, -0.25) is 14.4 Å². The minimum absolute atomic E-state index is 0.00678. The van der Waals surface area contributed by atoms with Crippen molar-refractivity contribution in [2.75, 3.05) is 25.9 Å². The van der Waals surface area contributed by atoms with Crippen molar-refractivity contribution < 1.29 is 19.1 Å². The number of para-hydroxylation sites is 1. The summed E-state index contributed by atoms with van der Waals surface area (Å²) in [6.07, 6.45) is 1.50. The topological polar surface area (TPSA) is 166 Å². The molecule has 4 atom stereocenters. The fraction of sp³-hybridized carbons (Fsp3) is 0.324. The maximum atomic E-state index is 14.2. The van der Waals surface area contributed by atoms with E-state index >= 15 is 0 Å². The Morgan fingerprint density at radius 3 is 2.53 bits per heavy atom. The van der Waals surface area contributed by atoms with Crippen LogP contribution >= 0.6 is 11.3 Å². The van der Waals surface area contributed by atoms with Crippen LogP contribution in [0.5, 0.6) is 11.5 Å². The number of nitrogens with zero attached hydrogens (tertiary/aromatic N) is 1. The highest BCUT2D eigenvalue weighted by Crippen LogP contribution is 2.50. The van der Waals surface area contributed by atoms with Crippen molar-refractivity contribution in [2.24, 2.45) is 11.5 Å². The summed E-state index contributed by atoms with van der Waals surface area (Å²) in [6.45, 7) is 4.75. The monoisotopic (exact) mass is 626 g/mol. The number of ketones is 1. The molecule has 8 N–H and O–H groups in total. The number of benzene rings is 3. The summed E-state index contributed by atoms with van der Waals surface area (Å²) in [6, 6.07) is 16.6. The highest BCUT2D eigenvalue weighted by Gasteiger charge is 2.49. The Kier molecular flexibility index (Phi) is 8.13. The van der Waals surface area contributed by atoms with Crippen molar-refractivity contribution in [3.63, 3.8) is 0 Å². The minimum Gasteiger partial charge on any atom is -0.457 e. The lowest BCUT2D eigenvalue weighted by Crippen LogP contribution is -2.54. The average molecular weight is 627 g/mol. The van der Waals surface area contributed by atoms with E-state index in [9.17, 15) is 14.4 Å². The molecule has 2 amide bonds. The van der Waals surface area contributed by atoms with Crippen LogP contribution < -0.4 is 32.6 Å². The van der Waals surface area contributed by atoms with Gasteiger partial charge in [0, 0.05) is 35.8 Å². The molecule has 45 heavy (non-hydrogen) atoms. The van der Waals surface area contributed by atoms with Gasteiger partial charge in [0.25, 0.3) is 5.91 Å². The fourth-order valence-electron chi connectivity index (χ4n) is 6.54. The summed E-state index contributed by atoms with van der Waals surface area (Å²) in [5, 5.41) is 6.73. The lowest BCUT2D eigenvalue weighted by atomic mass is 9.69. The molecular formula is C34H38N6O4S. The predicted molar refractivity (Wildman–Crippen MR) is 176 cm³/mol. The van der Waals surface area contributed by atoms with E-state index in [2.05, 4.69) is 10.6 Å². The Morgan fingerprint density at radius 1 is 1.09 bits per heavy atom. The number of thiophene rings is 1. The number of hydrogen-bond acceptors (Lipinski definition) is 9. The number of nitrogens with two attached hydrogens (primary N) is 3. The van der Waals surface area contributed by atoms with Crippen LogP contribution in [0, 0.1) is 6.92 Å². The SMILES string of the molecule is CN[C@@H](C)C(=O)N1CCC[C@@H](NC(=O)c2sc3c(N)ccc4c3c2C(N)C(=O)C4(N)c2ccc(Oc3ccccc3)cc2C)C1. The molecule has 2 heterocycles. The lowest BCUT2D eigenvalue weighted by molar-refractivity contribution is -0.134. The first-order valence-electron chi connectivity index (χ1n) is 15.1. The highest BCUT2D eigenvalue weighted by molar-refractivity contribution is 7.21. The Labute approximate surface area is 265 Å². The molecule has 3 aromatic carbocycles. The van der Waals surface area contributed by atoms with E-state index in [1.54, 1.807) is 36.2 Å². The van der Waals surface area contributed by atoms with Gasteiger partial charge in [-0.1, -0.05) is 30.3 Å². The van der Waals surface area contributed by atoms with Gasteiger partial charge in [0.1, 0.15) is 17.0 Å². The zero-order chi connectivity index (χ0) is 32.0. The molecule has 0 radical (unpaired) electrons. The van der Waals surface area contributed by atoms with Gasteiger partial charge in [-0.2, -0.15) is 0 Å². The molecule has 0 bridgehead atoms. The molecule has 0 saturated carbocycles. The number of ether oxygens (including phenoxy) is 1. The molecule has 11 heteroatoms. The molecule has 1 aliphatic heterocycles. The van der Waals surface area contributed by atoms with Gasteiger partial charge in [0.2, 0.25) is 5.91 Å². The van der Waals surface area contributed by atoms with Crippen molar-refractivity contribution >= 4 is 44.7 Å². The van der Waals surface area contributed by atoms with E-state index in [4.69, 9.17) is 21.9 Å². The molecule has 2 unspecified atom stereocenters. The highest BCUT2D eigenvalue weighted by atomic mass is 32.1. The second-order valence-corrected chi connectivity index (χ2v) is 12.9. The zero-order valence-electron chi connectivity index (χ0n) is 25.6. The van der Waals surface area contributed by atoms with Gasteiger partial charge in [-0.25, -0.2) is 0 Å². The van der Waals surface area contributed by atoms with Gasteiger partial charge < -0.3 is 37.5 Å². The molecule has 234 valence electrons. The first kappa shape index (κ1) is 30.7. The van der Waals surface area contributed by atoms with Gasteiger partial charge in [-0.15, -0.1) is 11.3 Å². The largest absolute Gasteiger partial charge is 0.457 e. The molecule has 1 fully saturated rings. The minimum atomic E-state index is -1.57. The third-order valence-corrected chi connectivity index (χ3v) is 10.2. The third-order valence-electron chi connectivity index (χ3n) is 8.99. The van der Waals surface area contributed by atoms with Crippen LogP contribution in [0.4, 0.5) is 5.69 Å². The van der Waals surface area contributed by atoms with Gasteiger partial charge >= 0.3 is 0 Å². The Balaban J connectivity index is 1.36. The smallest absolute Gasteiger partial charge is 0.262 e. The van der Waals surface area contributed by atoms with Crippen molar-refractivity contribution in [1.82, 2.24) is 15.5 Å². The van der Waals surface area contributed by atoms with E-state index in [1.165, 1.54) is 11.3 Å². The van der Waals surface area contributed by atoms with E-state index in [0.717, 1.165) is 18.4 Å². The van der Waals surface area contributed by atoms with Gasteiger partial charge in [0.05, 0.1) is 21.7 Å². The summed E-state index contributed by atoms with van der Waals surface area (Å²) >= 11 is 1.22. The lowest BCUT2D eigenvalue weighted by Gasteiger charge is -2.37. The Hall–Kier alpha value is -4.29. The first-order valence-corrected chi connectivity index (χ1v) is 15.9. The normalized spacial score (nSPS) is 21.9. The van der Waals surface area contributed by atoms with E-state index < -0.39 is 17.4 Å². The van der Waals surface area contributed by atoms with Crippen molar-refractivity contribution in [2.45, 2.75) is 50.4 Å². The number of nitrogens with one attached hydrogen (secondary N) is 2. The van der Waals surface area contributed by atoms with E-state index in [0.29, 0.717) is 61.9 Å². The maximum Gasteiger partial charge on any atom is 0.262 e. The van der Waals surface area contributed by atoms with Crippen LogP contribution in [0.15, 0.2) is 60.7 Å². The number of anilines is 1. The second-order valence-electron chi connectivity index (χ2n) is 11.9. The van der Waals surface area contributed by atoms with Crippen LogP contribution in [0.25, 0.3) is 10.1 Å².